The summed E-state index contributed by atoms with van der Waals surface area (Å²) in [6.07, 6.45) is 3.60. The van der Waals surface area contributed by atoms with Crippen LogP contribution < -0.4 is 0 Å². The molecular formula is C11H9N3O2S. The molecule has 5 nitrogen and oxygen atoms in total. The highest BCUT2D eigenvalue weighted by Gasteiger charge is 2.14. The number of nitrogens with one attached hydrogen (secondary N) is 1. The Hall–Kier alpha value is -2.00. The van der Waals surface area contributed by atoms with Gasteiger partial charge in [0, 0.05) is 23.9 Å². The third-order valence-corrected chi connectivity index (χ3v) is 2.40. The lowest BCUT2D eigenvalue weighted by Crippen LogP contribution is -1.86. The highest BCUT2D eigenvalue weighted by molar-refractivity contribution is 7.80. The van der Waals surface area contributed by atoms with Gasteiger partial charge in [-0.3, -0.25) is 10.1 Å². The van der Waals surface area contributed by atoms with Gasteiger partial charge < -0.3 is 4.98 Å². The maximum Gasteiger partial charge on any atom is 0.296 e. The van der Waals surface area contributed by atoms with Crippen LogP contribution in [0, 0.1) is 22.0 Å². The average Bonchev–Trinajstić information content (AvgIpc) is 2.72. The third kappa shape index (κ3) is 2.40. The molecule has 0 bridgehead atoms. The molecular weight excluding hydrogens is 238 g/mol. The Morgan fingerprint density at radius 1 is 1.59 bits per heavy atom. The van der Waals surface area contributed by atoms with Crippen molar-refractivity contribution in [1.82, 2.24) is 9.97 Å². The molecule has 0 saturated heterocycles. The van der Waals surface area contributed by atoms with Crippen molar-refractivity contribution in [2.75, 3.05) is 5.75 Å². The summed E-state index contributed by atoms with van der Waals surface area (Å²) in [6, 6.07) is 1.67. The number of aromatic nitrogens is 2. The molecule has 1 N–H and O–H groups in total. The van der Waals surface area contributed by atoms with Crippen molar-refractivity contribution in [3.8, 4) is 11.8 Å². The molecule has 0 radical (unpaired) electrons. The number of fused-ring (bicyclic) bond motifs is 1. The van der Waals surface area contributed by atoms with Crippen LogP contribution in [0.15, 0.2) is 18.5 Å². The van der Waals surface area contributed by atoms with Crippen molar-refractivity contribution in [3.63, 3.8) is 0 Å². The van der Waals surface area contributed by atoms with Crippen LogP contribution in [-0.2, 0) is 0 Å². The van der Waals surface area contributed by atoms with Gasteiger partial charge in [0.2, 0.25) is 0 Å². The fraction of sp³-hybridized carbons (Fsp3) is 0.182. The van der Waals surface area contributed by atoms with Crippen molar-refractivity contribution >= 4 is 29.3 Å². The Morgan fingerprint density at radius 3 is 3.12 bits per heavy atom. The molecule has 0 amide bonds. The summed E-state index contributed by atoms with van der Waals surface area (Å²) in [4.78, 5) is 17.2. The molecule has 0 fully saturated rings. The Bertz CT molecular complexity index is 624. The molecule has 0 aromatic carbocycles. The predicted octanol–water partition coefficient (Wildman–Crippen LogP) is 2.14. The smallest absolute Gasteiger partial charge is 0.296 e. The van der Waals surface area contributed by atoms with Crippen molar-refractivity contribution in [3.05, 3.63) is 34.1 Å². The molecule has 0 aliphatic rings. The maximum absolute atomic E-state index is 10.8. The number of aromatic amines is 1. The molecule has 0 aliphatic heterocycles. The first-order valence-corrected chi connectivity index (χ1v) is 5.57. The van der Waals surface area contributed by atoms with E-state index in [-0.39, 0.29) is 5.69 Å². The second-order valence-corrected chi connectivity index (χ2v) is 3.77. The van der Waals surface area contributed by atoms with E-state index in [0.717, 1.165) is 0 Å². The number of pyridine rings is 1. The van der Waals surface area contributed by atoms with E-state index in [2.05, 4.69) is 34.4 Å². The summed E-state index contributed by atoms with van der Waals surface area (Å²) in [5.41, 5.74) is 1.18. The van der Waals surface area contributed by atoms with E-state index >= 15 is 0 Å². The molecule has 0 aliphatic carbocycles. The lowest BCUT2D eigenvalue weighted by Gasteiger charge is -1.91. The minimum absolute atomic E-state index is 0.0188. The van der Waals surface area contributed by atoms with Gasteiger partial charge in [-0.15, -0.1) is 0 Å². The first-order chi connectivity index (χ1) is 8.22. The Labute approximate surface area is 103 Å². The van der Waals surface area contributed by atoms with Gasteiger partial charge in [-0.05, 0) is 6.07 Å². The van der Waals surface area contributed by atoms with Crippen LogP contribution in [0.5, 0.6) is 0 Å². The first-order valence-electron chi connectivity index (χ1n) is 4.93. The molecule has 2 aromatic heterocycles. The van der Waals surface area contributed by atoms with Gasteiger partial charge in [-0.2, -0.15) is 12.6 Å². The molecule has 0 unspecified atom stereocenters. The van der Waals surface area contributed by atoms with Crippen LogP contribution in [0.3, 0.4) is 0 Å². The zero-order valence-electron chi connectivity index (χ0n) is 8.80. The summed E-state index contributed by atoms with van der Waals surface area (Å²) >= 11 is 4.05. The molecule has 6 heteroatoms. The Morgan fingerprint density at radius 2 is 2.41 bits per heavy atom. The zero-order valence-corrected chi connectivity index (χ0v) is 9.70. The fourth-order valence-electron chi connectivity index (χ4n) is 1.43. The largest absolute Gasteiger partial charge is 0.340 e. The molecule has 0 saturated carbocycles. The van der Waals surface area contributed by atoms with Crippen LogP contribution >= 0.6 is 12.6 Å². The second-order valence-electron chi connectivity index (χ2n) is 3.33. The molecule has 17 heavy (non-hydrogen) atoms. The first kappa shape index (κ1) is 11.5. The molecule has 2 aromatic rings. The zero-order chi connectivity index (χ0) is 12.3. The van der Waals surface area contributed by atoms with Crippen molar-refractivity contribution in [1.29, 1.82) is 0 Å². The lowest BCUT2D eigenvalue weighted by atomic mass is 10.2. The van der Waals surface area contributed by atoms with Gasteiger partial charge in [0.05, 0.1) is 16.5 Å². The van der Waals surface area contributed by atoms with E-state index in [0.29, 0.717) is 28.8 Å². The molecule has 2 heterocycles. The molecule has 2 rings (SSSR count). The number of thiol groups is 1. The van der Waals surface area contributed by atoms with Crippen LogP contribution in [0.25, 0.3) is 11.0 Å². The highest BCUT2D eigenvalue weighted by atomic mass is 32.1. The topological polar surface area (TPSA) is 71.8 Å². The van der Waals surface area contributed by atoms with Crippen LogP contribution in [-0.4, -0.2) is 20.6 Å². The SMILES string of the molecule is O=[N+]([O-])c1c[nH]c2ncc(C#CCCS)cc12. The Balaban J connectivity index is 2.45. The number of hydrogen-bond acceptors (Lipinski definition) is 4. The van der Waals surface area contributed by atoms with E-state index < -0.39 is 4.92 Å². The van der Waals surface area contributed by atoms with Gasteiger partial charge in [0.15, 0.2) is 0 Å². The minimum Gasteiger partial charge on any atom is -0.340 e. The van der Waals surface area contributed by atoms with E-state index in [1.165, 1.54) is 6.20 Å². The molecule has 86 valence electrons. The van der Waals surface area contributed by atoms with Gasteiger partial charge in [0.1, 0.15) is 5.65 Å². The standard InChI is InChI=1S/C11H9N3O2S/c15-14(16)10-7-13-11-9(10)5-8(6-12-11)3-1-2-4-17/h5-7,17H,2,4H2,(H,12,13). The summed E-state index contributed by atoms with van der Waals surface area (Å²) in [5.74, 6) is 6.49. The number of H-pyrrole nitrogens is 1. The van der Waals surface area contributed by atoms with Gasteiger partial charge >= 0.3 is 0 Å². The van der Waals surface area contributed by atoms with Gasteiger partial charge in [-0.25, -0.2) is 4.98 Å². The normalized spacial score (nSPS) is 9.94. The monoisotopic (exact) mass is 247 g/mol. The van der Waals surface area contributed by atoms with E-state index in [9.17, 15) is 10.1 Å². The van der Waals surface area contributed by atoms with Crippen LogP contribution in [0.2, 0.25) is 0 Å². The second kappa shape index (κ2) is 4.89. The predicted molar refractivity (Wildman–Crippen MR) is 68.1 cm³/mol. The Kier molecular flexibility index (Phi) is 3.30. The van der Waals surface area contributed by atoms with Crippen molar-refractivity contribution in [2.45, 2.75) is 6.42 Å². The number of hydrogen-bond donors (Lipinski definition) is 2. The summed E-state index contributed by atoms with van der Waals surface area (Å²) in [5, 5.41) is 11.2. The quantitative estimate of drug-likeness (QED) is 0.369. The number of rotatable bonds is 2. The highest BCUT2D eigenvalue weighted by Crippen LogP contribution is 2.23. The van der Waals surface area contributed by atoms with Crippen LogP contribution in [0.4, 0.5) is 5.69 Å². The minimum atomic E-state index is -0.439. The maximum atomic E-state index is 10.8. The van der Waals surface area contributed by atoms with Crippen LogP contribution in [0.1, 0.15) is 12.0 Å². The average molecular weight is 247 g/mol. The summed E-state index contributed by atoms with van der Waals surface area (Å²) in [7, 11) is 0. The van der Waals surface area contributed by atoms with E-state index in [4.69, 9.17) is 0 Å². The molecule has 0 spiro atoms. The molecule has 0 atom stereocenters. The number of nitro groups is 1. The van der Waals surface area contributed by atoms with Gasteiger partial charge in [-0.1, -0.05) is 11.8 Å². The lowest BCUT2D eigenvalue weighted by molar-refractivity contribution is -0.383. The number of nitrogens with zero attached hydrogens (tertiary/aromatic N) is 2. The van der Waals surface area contributed by atoms with Crippen molar-refractivity contribution < 1.29 is 4.92 Å². The van der Waals surface area contributed by atoms with Crippen molar-refractivity contribution in [2.24, 2.45) is 0 Å². The fourth-order valence-corrected chi connectivity index (χ4v) is 1.54. The summed E-state index contributed by atoms with van der Waals surface area (Å²) < 4.78 is 0. The van der Waals surface area contributed by atoms with E-state index in [1.807, 2.05) is 0 Å². The summed E-state index contributed by atoms with van der Waals surface area (Å²) in [6.45, 7) is 0. The van der Waals surface area contributed by atoms with E-state index in [1.54, 1.807) is 12.3 Å². The third-order valence-electron chi connectivity index (χ3n) is 2.18. The van der Waals surface area contributed by atoms with Gasteiger partial charge in [0.25, 0.3) is 5.69 Å².